The molecule has 1 aliphatic heterocycles. The third kappa shape index (κ3) is 4.85. The SMILES string of the molecule is NC(=O)CC1(COc2ccc(F)cc2)CCN(C(=O)c2cccc(F)c2)CC1. The van der Waals surface area contributed by atoms with Crippen molar-refractivity contribution in [3.05, 3.63) is 65.7 Å². The van der Waals surface area contributed by atoms with E-state index >= 15 is 0 Å². The van der Waals surface area contributed by atoms with Crippen LogP contribution in [-0.4, -0.2) is 36.4 Å². The summed E-state index contributed by atoms with van der Waals surface area (Å²) in [5.41, 5.74) is 5.23. The summed E-state index contributed by atoms with van der Waals surface area (Å²) in [4.78, 5) is 25.8. The number of likely N-dealkylation sites (tertiary alicyclic amines) is 1. The normalized spacial score (nSPS) is 15.9. The topological polar surface area (TPSA) is 72.6 Å². The van der Waals surface area contributed by atoms with E-state index < -0.39 is 17.1 Å². The van der Waals surface area contributed by atoms with Crippen molar-refractivity contribution >= 4 is 11.8 Å². The largest absolute Gasteiger partial charge is 0.493 e. The van der Waals surface area contributed by atoms with Gasteiger partial charge in [0.05, 0.1) is 6.61 Å². The number of hydrogen-bond donors (Lipinski definition) is 1. The van der Waals surface area contributed by atoms with Gasteiger partial charge in [0.25, 0.3) is 5.91 Å². The van der Waals surface area contributed by atoms with Crippen LogP contribution in [0.15, 0.2) is 48.5 Å². The molecule has 1 heterocycles. The van der Waals surface area contributed by atoms with Crippen molar-refractivity contribution in [1.29, 1.82) is 0 Å². The highest BCUT2D eigenvalue weighted by Gasteiger charge is 2.38. The van der Waals surface area contributed by atoms with Gasteiger partial charge >= 0.3 is 0 Å². The summed E-state index contributed by atoms with van der Waals surface area (Å²) in [6, 6.07) is 11.2. The second-order valence-electron chi connectivity index (χ2n) is 7.19. The molecule has 2 aromatic carbocycles. The molecule has 5 nitrogen and oxygen atoms in total. The van der Waals surface area contributed by atoms with Crippen LogP contribution in [0.3, 0.4) is 0 Å². The van der Waals surface area contributed by atoms with Crippen LogP contribution in [-0.2, 0) is 4.79 Å². The van der Waals surface area contributed by atoms with Crippen LogP contribution in [0.25, 0.3) is 0 Å². The Balaban J connectivity index is 1.66. The summed E-state index contributed by atoms with van der Waals surface area (Å²) in [7, 11) is 0. The molecule has 0 bridgehead atoms. The van der Waals surface area contributed by atoms with Gasteiger partial charge in [0, 0.05) is 30.5 Å². The Morgan fingerprint density at radius 3 is 2.32 bits per heavy atom. The Morgan fingerprint density at radius 2 is 1.71 bits per heavy atom. The molecule has 1 fully saturated rings. The molecule has 0 aromatic heterocycles. The molecule has 3 rings (SSSR count). The standard InChI is InChI=1S/C21H22F2N2O3/c22-16-4-6-18(7-5-16)28-14-21(13-19(24)26)8-10-25(11-9-21)20(27)15-2-1-3-17(23)12-15/h1-7,12H,8-11,13-14H2,(H2,24,26). The van der Waals surface area contributed by atoms with Crippen LogP contribution < -0.4 is 10.5 Å². The van der Waals surface area contributed by atoms with E-state index in [0.29, 0.717) is 37.2 Å². The van der Waals surface area contributed by atoms with E-state index in [1.54, 1.807) is 11.0 Å². The summed E-state index contributed by atoms with van der Waals surface area (Å²) >= 11 is 0. The molecule has 7 heteroatoms. The average molecular weight is 388 g/mol. The fourth-order valence-electron chi connectivity index (χ4n) is 3.50. The number of nitrogens with zero attached hydrogens (tertiary/aromatic N) is 1. The number of nitrogens with two attached hydrogens (primary N) is 1. The summed E-state index contributed by atoms with van der Waals surface area (Å²) in [5, 5.41) is 0. The van der Waals surface area contributed by atoms with Gasteiger partial charge in [0.15, 0.2) is 0 Å². The molecule has 0 aliphatic carbocycles. The number of ether oxygens (including phenoxy) is 1. The maximum absolute atomic E-state index is 13.4. The van der Waals surface area contributed by atoms with E-state index in [1.165, 1.54) is 42.5 Å². The number of benzene rings is 2. The maximum Gasteiger partial charge on any atom is 0.253 e. The van der Waals surface area contributed by atoms with Crippen LogP contribution in [0.4, 0.5) is 8.78 Å². The van der Waals surface area contributed by atoms with Gasteiger partial charge in [0.2, 0.25) is 5.91 Å². The first-order valence-corrected chi connectivity index (χ1v) is 9.08. The monoisotopic (exact) mass is 388 g/mol. The Kier molecular flexibility index (Phi) is 5.92. The van der Waals surface area contributed by atoms with Gasteiger partial charge in [0.1, 0.15) is 17.4 Å². The number of carbonyl (C=O) groups is 2. The van der Waals surface area contributed by atoms with Gasteiger partial charge in [-0.3, -0.25) is 9.59 Å². The summed E-state index contributed by atoms with van der Waals surface area (Å²) < 4.78 is 32.2. The molecule has 0 saturated carbocycles. The van der Waals surface area contributed by atoms with Crippen LogP contribution in [0.5, 0.6) is 5.75 Å². The zero-order valence-electron chi connectivity index (χ0n) is 15.4. The van der Waals surface area contributed by atoms with Crippen LogP contribution in [0, 0.1) is 17.0 Å². The van der Waals surface area contributed by atoms with Crippen LogP contribution in [0.1, 0.15) is 29.6 Å². The number of carbonyl (C=O) groups excluding carboxylic acids is 2. The van der Waals surface area contributed by atoms with E-state index in [-0.39, 0.29) is 24.8 Å². The Hall–Kier alpha value is -2.96. The predicted octanol–water partition coefficient (Wildman–Crippen LogP) is 3.14. The van der Waals surface area contributed by atoms with Gasteiger partial charge in [-0.15, -0.1) is 0 Å². The number of primary amides is 1. The minimum absolute atomic E-state index is 0.135. The Bertz CT molecular complexity index is 847. The van der Waals surface area contributed by atoms with Crippen LogP contribution >= 0.6 is 0 Å². The van der Waals surface area contributed by atoms with Crippen molar-refractivity contribution in [2.24, 2.45) is 11.1 Å². The lowest BCUT2D eigenvalue weighted by atomic mass is 9.76. The molecule has 1 aliphatic rings. The lowest BCUT2D eigenvalue weighted by Gasteiger charge is -2.41. The predicted molar refractivity (Wildman–Crippen MR) is 99.7 cm³/mol. The molecule has 28 heavy (non-hydrogen) atoms. The highest BCUT2D eigenvalue weighted by molar-refractivity contribution is 5.94. The van der Waals surface area contributed by atoms with Gasteiger partial charge in [-0.2, -0.15) is 0 Å². The van der Waals surface area contributed by atoms with Crippen molar-refractivity contribution in [1.82, 2.24) is 4.90 Å². The van der Waals surface area contributed by atoms with E-state index in [4.69, 9.17) is 10.5 Å². The molecule has 0 spiro atoms. The third-order valence-electron chi connectivity index (χ3n) is 5.09. The number of rotatable bonds is 6. The number of amides is 2. The van der Waals surface area contributed by atoms with E-state index in [0.717, 1.165) is 0 Å². The summed E-state index contributed by atoms with van der Waals surface area (Å²) in [6.07, 6.45) is 1.19. The number of halogens is 2. The molecule has 2 amide bonds. The molecule has 0 atom stereocenters. The maximum atomic E-state index is 13.4. The van der Waals surface area contributed by atoms with Crippen molar-refractivity contribution < 1.29 is 23.1 Å². The molecule has 0 unspecified atom stereocenters. The number of hydrogen-bond acceptors (Lipinski definition) is 3. The van der Waals surface area contributed by atoms with Crippen molar-refractivity contribution in [3.8, 4) is 5.75 Å². The Morgan fingerprint density at radius 1 is 1.04 bits per heavy atom. The zero-order valence-corrected chi connectivity index (χ0v) is 15.4. The van der Waals surface area contributed by atoms with Gasteiger partial charge in [-0.1, -0.05) is 6.07 Å². The molecular formula is C21H22F2N2O3. The average Bonchev–Trinajstić information content (AvgIpc) is 2.67. The molecule has 1 saturated heterocycles. The smallest absolute Gasteiger partial charge is 0.253 e. The lowest BCUT2D eigenvalue weighted by Crippen LogP contribution is -2.47. The summed E-state index contributed by atoms with van der Waals surface area (Å²) in [5.74, 6) is -0.996. The third-order valence-corrected chi connectivity index (χ3v) is 5.09. The molecule has 148 valence electrons. The van der Waals surface area contributed by atoms with E-state index in [9.17, 15) is 18.4 Å². The molecular weight excluding hydrogens is 366 g/mol. The Labute approximate surface area is 162 Å². The minimum Gasteiger partial charge on any atom is -0.493 e. The summed E-state index contributed by atoms with van der Waals surface area (Å²) in [6.45, 7) is 1.06. The second-order valence-corrected chi connectivity index (χ2v) is 7.19. The number of piperidine rings is 1. The zero-order chi connectivity index (χ0) is 20.1. The minimum atomic E-state index is -0.501. The quantitative estimate of drug-likeness (QED) is 0.826. The first-order chi connectivity index (χ1) is 13.4. The highest BCUT2D eigenvalue weighted by Crippen LogP contribution is 2.36. The van der Waals surface area contributed by atoms with E-state index in [2.05, 4.69) is 0 Å². The van der Waals surface area contributed by atoms with Crippen LogP contribution in [0.2, 0.25) is 0 Å². The fourth-order valence-corrected chi connectivity index (χ4v) is 3.50. The fraction of sp³-hybridized carbons (Fsp3) is 0.333. The van der Waals surface area contributed by atoms with Crippen molar-refractivity contribution in [2.75, 3.05) is 19.7 Å². The van der Waals surface area contributed by atoms with Crippen molar-refractivity contribution in [3.63, 3.8) is 0 Å². The van der Waals surface area contributed by atoms with Crippen molar-refractivity contribution in [2.45, 2.75) is 19.3 Å². The first kappa shape index (κ1) is 19.8. The van der Waals surface area contributed by atoms with Gasteiger partial charge in [-0.25, -0.2) is 8.78 Å². The van der Waals surface area contributed by atoms with E-state index in [1.807, 2.05) is 0 Å². The first-order valence-electron chi connectivity index (χ1n) is 9.08. The highest BCUT2D eigenvalue weighted by atomic mass is 19.1. The van der Waals surface area contributed by atoms with Gasteiger partial charge < -0.3 is 15.4 Å². The lowest BCUT2D eigenvalue weighted by molar-refractivity contribution is -0.121. The van der Waals surface area contributed by atoms with Gasteiger partial charge in [-0.05, 0) is 55.3 Å². The molecule has 2 N–H and O–H groups in total. The molecule has 2 aromatic rings. The second kappa shape index (κ2) is 8.37. The molecule has 0 radical (unpaired) electrons.